The molecule has 8 nitrogen and oxygen atoms in total. The van der Waals surface area contributed by atoms with Gasteiger partial charge in [-0.25, -0.2) is 0 Å². The molecule has 8 heteroatoms. The Labute approximate surface area is 139 Å². The van der Waals surface area contributed by atoms with Gasteiger partial charge < -0.3 is 19.1 Å². The van der Waals surface area contributed by atoms with Crippen molar-refractivity contribution < 1.29 is 19.0 Å². The van der Waals surface area contributed by atoms with Crippen LogP contribution in [0.4, 0.5) is 0 Å². The third-order valence-corrected chi connectivity index (χ3v) is 4.03. The van der Waals surface area contributed by atoms with Crippen molar-refractivity contribution in [3.05, 3.63) is 30.1 Å². The molecule has 1 aliphatic heterocycles. The number of aromatic amines is 1. The second kappa shape index (κ2) is 7.20. The first-order chi connectivity index (χ1) is 11.7. The normalized spacial score (nSPS) is 15.2. The number of methoxy groups -OCH3 is 2. The van der Waals surface area contributed by atoms with Crippen molar-refractivity contribution in [2.75, 3.05) is 27.3 Å². The van der Waals surface area contributed by atoms with E-state index in [1.807, 2.05) is 18.2 Å². The summed E-state index contributed by atoms with van der Waals surface area (Å²) in [4.78, 5) is 14.0. The molecule has 3 rings (SSSR count). The number of carbonyl (C=O) groups excluding carboxylic acids is 1. The van der Waals surface area contributed by atoms with Crippen LogP contribution in [-0.2, 0) is 0 Å². The van der Waals surface area contributed by atoms with Crippen LogP contribution in [0.2, 0.25) is 0 Å². The van der Waals surface area contributed by atoms with Crippen molar-refractivity contribution in [1.82, 2.24) is 20.3 Å². The molecule has 128 valence electrons. The molecule has 1 saturated heterocycles. The largest absolute Gasteiger partial charge is 0.493 e. The van der Waals surface area contributed by atoms with E-state index in [4.69, 9.17) is 14.2 Å². The number of rotatable bonds is 5. The summed E-state index contributed by atoms with van der Waals surface area (Å²) in [6.45, 7) is 1.21. The van der Waals surface area contributed by atoms with Gasteiger partial charge >= 0.3 is 0 Å². The van der Waals surface area contributed by atoms with Gasteiger partial charge in [-0.3, -0.25) is 4.79 Å². The highest BCUT2D eigenvalue weighted by atomic mass is 16.5. The van der Waals surface area contributed by atoms with Crippen LogP contribution in [-0.4, -0.2) is 59.6 Å². The number of benzene rings is 1. The summed E-state index contributed by atoms with van der Waals surface area (Å²) < 4.78 is 16.8. The average Bonchev–Trinajstić information content (AvgIpc) is 3.16. The molecule has 0 unspecified atom stereocenters. The maximum atomic E-state index is 12.2. The van der Waals surface area contributed by atoms with Crippen molar-refractivity contribution >= 4 is 5.91 Å². The predicted octanol–water partition coefficient (Wildman–Crippen LogP) is 1.51. The second-order valence-corrected chi connectivity index (χ2v) is 5.46. The summed E-state index contributed by atoms with van der Waals surface area (Å²) in [5, 5.41) is 9.96. The molecule has 1 aliphatic rings. The maximum Gasteiger partial charge on any atom is 0.276 e. The van der Waals surface area contributed by atoms with E-state index in [0.29, 0.717) is 36.0 Å². The van der Waals surface area contributed by atoms with Gasteiger partial charge in [0.25, 0.3) is 5.91 Å². The van der Waals surface area contributed by atoms with Crippen LogP contribution in [0, 0.1) is 0 Å². The van der Waals surface area contributed by atoms with Gasteiger partial charge in [-0.15, -0.1) is 0 Å². The quantitative estimate of drug-likeness (QED) is 0.892. The summed E-state index contributed by atoms with van der Waals surface area (Å²) in [5.74, 6) is 1.76. The number of piperidine rings is 1. The van der Waals surface area contributed by atoms with Crippen LogP contribution in [0.3, 0.4) is 0 Å². The number of para-hydroxylation sites is 1. The Kier molecular flexibility index (Phi) is 4.83. The van der Waals surface area contributed by atoms with Crippen LogP contribution in [0.5, 0.6) is 17.2 Å². The lowest BCUT2D eigenvalue weighted by Crippen LogP contribution is -2.42. The smallest absolute Gasteiger partial charge is 0.276 e. The minimum atomic E-state index is -0.114. The third kappa shape index (κ3) is 3.27. The maximum absolute atomic E-state index is 12.2. The summed E-state index contributed by atoms with van der Waals surface area (Å²) in [6.07, 6.45) is 2.89. The number of H-pyrrole nitrogens is 1. The van der Waals surface area contributed by atoms with Gasteiger partial charge in [0, 0.05) is 25.9 Å². The van der Waals surface area contributed by atoms with Crippen LogP contribution >= 0.6 is 0 Å². The number of hydrogen-bond donors (Lipinski definition) is 1. The fraction of sp³-hybridized carbons (Fsp3) is 0.438. The number of hydrogen-bond acceptors (Lipinski definition) is 6. The first kappa shape index (κ1) is 16.1. The SMILES string of the molecule is COc1cccc(OC)c1OC1CCN(C(=O)c2cn[nH]n2)CC1. The Hall–Kier alpha value is -2.77. The van der Waals surface area contributed by atoms with Gasteiger partial charge in [0.15, 0.2) is 17.2 Å². The molecule has 0 atom stereocenters. The van der Waals surface area contributed by atoms with E-state index in [0.717, 1.165) is 12.8 Å². The average molecular weight is 332 g/mol. The van der Waals surface area contributed by atoms with Gasteiger partial charge in [0.05, 0.1) is 20.4 Å². The van der Waals surface area contributed by atoms with E-state index in [1.165, 1.54) is 6.20 Å². The molecule has 1 N–H and O–H groups in total. The van der Waals surface area contributed by atoms with E-state index in [9.17, 15) is 4.79 Å². The van der Waals surface area contributed by atoms with Gasteiger partial charge in [0.1, 0.15) is 6.10 Å². The fourth-order valence-electron chi connectivity index (χ4n) is 2.74. The number of aromatic nitrogens is 3. The number of carbonyl (C=O) groups is 1. The van der Waals surface area contributed by atoms with E-state index in [2.05, 4.69) is 15.4 Å². The van der Waals surface area contributed by atoms with Gasteiger partial charge in [0.2, 0.25) is 5.75 Å². The van der Waals surface area contributed by atoms with E-state index in [-0.39, 0.29) is 12.0 Å². The molecule has 0 radical (unpaired) electrons. The molecule has 2 aromatic rings. The molecule has 0 spiro atoms. The Morgan fingerprint density at radius 2 is 1.88 bits per heavy atom. The third-order valence-electron chi connectivity index (χ3n) is 4.03. The second-order valence-electron chi connectivity index (χ2n) is 5.46. The highest BCUT2D eigenvalue weighted by molar-refractivity contribution is 5.91. The van der Waals surface area contributed by atoms with Crippen LogP contribution in [0.25, 0.3) is 0 Å². The zero-order valence-electron chi connectivity index (χ0n) is 13.7. The van der Waals surface area contributed by atoms with Crippen molar-refractivity contribution in [3.63, 3.8) is 0 Å². The molecule has 2 heterocycles. The standard InChI is InChI=1S/C16H20N4O4/c1-22-13-4-3-5-14(23-2)15(13)24-11-6-8-20(9-7-11)16(21)12-10-17-19-18-12/h3-5,10-11H,6-9H2,1-2H3,(H,17,18,19). The monoisotopic (exact) mass is 332 g/mol. The van der Waals surface area contributed by atoms with Crippen LogP contribution in [0.1, 0.15) is 23.3 Å². The number of nitrogens with zero attached hydrogens (tertiary/aromatic N) is 3. The zero-order valence-corrected chi connectivity index (χ0v) is 13.7. The highest BCUT2D eigenvalue weighted by Crippen LogP contribution is 2.38. The topological polar surface area (TPSA) is 89.6 Å². The first-order valence-corrected chi connectivity index (χ1v) is 7.75. The number of amides is 1. The highest BCUT2D eigenvalue weighted by Gasteiger charge is 2.27. The lowest BCUT2D eigenvalue weighted by atomic mass is 10.1. The molecule has 0 bridgehead atoms. The number of ether oxygens (including phenoxy) is 3. The Bertz CT molecular complexity index is 659. The summed E-state index contributed by atoms with van der Waals surface area (Å²) in [5.41, 5.74) is 0.334. The van der Waals surface area contributed by atoms with E-state index in [1.54, 1.807) is 19.1 Å². The van der Waals surface area contributed by atoms with Gasteiger partial charge in [-0.1, -0.05) is 6.07 Å². The molecule has 1 amide bonds. The van der Waals surface area contributed by atoms with E-state index >= 15 is 0 Å². The lowest BCUT2D eigenvalue weighted by molar-refractivity contribution is 0.0579. The molecule has 1 fully saturated rings. The molecule has 0 aliphatic carbocycles. The first-order valence-electron chi connectivity index (χ1n) is 7.75. The molecule has 1 aromatic heterocycles. The Morgan fingerprint density at radius 3 is 2.42 bits per heavy atom. The van der Waals surface area contributed by atoms with Crippen molar-refractivity contribution in [1.29, 1.82) is 0 Å². The minimum absolute atomic E-state index is 0.00319. The predicted molar refractivity (Wildman–Crippen MR) is 85.5 cm³/mol. The summed E-state index contributed by atoms with van der Waals surface area (Å²) in [6, 6.07) is 5.52. The zero-order chi connectivity index (χ0) is 16.9. The van der Waals surface area contributed by atoms with Crippen LogP contribution in [0.15, 0.2) is 24.4 Å². The van der Waals surface area contributed by atoms with Crippen LogP contribution < -0.4 is 14.2 Å². The summed E-state index contributed by atoms with van der Waals surface area (Å²) in [7, 11) is 3.20. The van der Waals surface area contributed by atoms with Crippen molar-refractivity contribution in [3.8, 4) is 17.2 Å². The van der Waals surface area contributed by atoms with Crippen molar-refractivity contribution in [2.45, 2.75) is 18.9 Å². The Balaban J connectivity index is 1.63. The summed E-state index contributed by atoms with van der Waals surface area (Å²) >= 11 is 0. The van der Waals surface area contributed by atoms with Crippen molar-refractivity contribution in [2.24, 2.45) is 0 Å². The van der Waals surface area contributed by atoms with Gasteiger partial charge in [-0.05, 0) is 12.1 Å². The minimum Gasteiger partial charge on any atom is -0.493 e. The molecule has 1 aromatic carbocycles. The van der Waals surface area contributed by atoms with E-state index < -0.39 is 0 Å². The number of likely N-dealkylation sites (tertiary alicyclic amines) is 1. The van der Waals surface area contributed by atoms with Gasteiger partial charge in [-0.2, -0.15) is 15.4 Å². The lowest BCUT2D eigenvalue weighted by Gasteiger charge is -2.32. The fourth-order valence-corrected chi connectivity index (χ4v) is 2.74. The molecule has 24 heavy (non-hydrogen) atoms. The number of nitrogens with one attached hydrogen (secondary N) is 1. The molecule has 0 saturated carbocycles. The molecular formula is C16H20N4O4. The Morgan fingerprint density at radius 1 is 1.21 bits per heavy atom. The molecular weight excluding hydrogens is 312 g/mol.